The zero-order chi connectivity index (χ0) is 16.9. The summed E-state index contributed by atoms with van der Waals surface area (Å²) in [5.41, 5.74) is 0.755. The summed E-state index contributed by atoms with van der Waals surface area (Å²) in [5.74, 6) is 1.01. The number of hydrogen-bond donors (Lipinski definition) is 1. The number of nitrogens with one attached hydrogen (secondary N) is 1. The molecule has 2 heterocycles. The molecule has 2 aliphatic heterocycles. The second-order valence-corrected chi connectivity index (χ2v) is 6.23. The van der Waals surface area contributed by atoms with Crippen LogP contribution in [0.4, 0.5) is 5.69 Å². The molecule has 6 nitrogen and oxygen atoms in total. The van der Waals surface area contributed by atoms with Gasteiger partial charge in [-0.1, -0.05) is 19.8 Å². The highest BCUT2D eigenvalue weighted by molar-refractivity contribution is 6.00. The maximum atomic E-state index is 12.3. The lowest BCUT2D eigenvalue weighted by molar-refractivity contribution is -0.126. The fourth-order valence-electron chi connectivity index (χ4n) is 3.06. The molecule has 1 aromatic carbocycles. The zero-order valence-electron chi connectivity index (χ0n) is 14.0. The van der Waals surface area contributed by atoms with Gasteiger partial charge < -0.3 is 19.7 Å². The van der Waals surface area contributed by atoms with Crippen molar-refractivity contribution in [3.05, 3.63) is 18.2 Å². The first-order chi connectivity index (χ1) is 11.7. The first kappa shape index (κ1) is 16.6. The molecule has 0 aliphatic carbocycles. The fourth-order valence-corrected chi connectivity index (χ4v) is 3.06. The van der Waals surface area contributed by atoms with E-state index < -0.39 is 0 Å². The summed E-state index contributed by atoms with van der Waals surface area (Å²) in [6.45, 7) is 4.27. The Morgan fingerprint density at radius 3 is 2.83 bits per heavy atom. The monoisotopic (exact) mass is 332 g/mol. The normalized spacial score (nSPS) is 19.5. The Labute approximate surface area is 142 Å². The smallest absolute Gasteiger partial charge is 0.227 e. The van der Waals surface area contributed by atoms with Crippen molar-refractivity contribution < 1.29 is 19.1 Å². The van der Waals surface area contributed by atoms with Crippen LogP contribution >= 0.6 is 0 Å². The lowest BCUT2D eigenvalue weighted by Gasteiger charge is -2.22. The van der Waals surface area contributed by atoms with Gasteiger partial charge in [0.15, 0.2) is 11.5 Å². The van der Waals surface area contributed by atoms with Gasteiger partial charge in [-0.15, -0.1) is 0 Å². The van der Waals surface area contributed by atoms with Gasteiger partial charge in [-0.05, 0) is 18.6 Å². The lowest BCUT2D eigenvalue weighted by atomic mass is 10.1. The fraction of sp³-hybridized carbons (Fsp3) is 0.556. The Morgan fingerprint density at radius 1 is 1.25 bits per heavy atom. The maximum absolute atomic E-state index is 12.3. The standard InChI is InChI=1S/C18H24N2O4/c1-2-3-4-7-19-18(22)13-10-17(21)20(12-13)14-5-6-15-16(11-14)24-9-8-23-15/h5-6,11,13H,2-4,7-10,12H2,1H3,(H,19,22). The Balaban J connectivity index is 1.61. The van der Waals surface area contributed by atoms with Crippen LogP contribution in [0.2, 0.25) is 0 Å². The van der Waals surface area contributed by atoms with E-state index in [0.29, 0.717) is 37.8 Å². The molecule has 2 aliphatic rings. The van der Waals surface area contributed by atoms with Gasteiger partial charge >= 0.3 is 0 Å². The molecular weight excluding hydrogens is 308 g/mol. The van der Waals surface area contributed by atoms with Crippen LogP contribution in [-0.2, 0) is 9.59 Å². The largest absolute Gasteiger partial charge is 0.486 e. The molecule has 0 radical (unpaired) electrons. The first-order valence-electron chi connectivity index (χ1n) is 8.66. The van der Waals surface area contributed by atoms with Gasteiger partial charge in [-0.25, -0.2) is 0 Å². The molecule has 0 spiro atoms. The van der Waals surface area contributed by atoms with Gasteiger partial charge in [0, 0.05) is 31.3 Å². The van der Waals surface area contributed by atoms with Crippen LogP contribution in [-0.4, -0.2) is 38.1 Å². The Hall–Kier alpha value is -2.24. The number of anilines is 1. The van der Waals surface area contributed by atoms with E-state index in [9.17, 15) is 9.59 Å². The lowest BCUT2D eigenvalue weighted by Crippen LogP contribution is -2.33. The van der Waals surface area contributed by atoms with Crippen LogP contribution < -0.4 is 19.7 Å². The van der Waals surface area contributed by atoms with Crippen LogP contribution in [0.15, 0.2) is 18.2 Å². The Morgan fingerprint density at radius 2 is 2.04 bits per heavy atom. The number of benzene rings is 1. The number of nitrogens with zero attached hydrogens (tertiary/aromatic N) is 1. The number of ether oxygens (including phenoxy) is 2. The highest BCUT2D eigenvalue weighted by Gasteiger charge is 2.35. The molecule has 0 saturated carbocycles. The molecule has 6 heteroatoms. The number of rotatable bonds is 6. The predicted molar refractivity (Wildman–Crippen MR) is 90.4 cm³/mol. The third kappa shape index (κ3) is 3.63. The Kier molecular flexibility index (Phi) is 5.23. The summed E-state index contributed by atoms with van der Waals surface area (Å²) in [5, 5.41) is 2.94. The van der Waals surface area contributed by atoms with E-state index in [0.717, 1.165) is 24.9 Å². The molecule has 0 aromatic heterocycles. The van der Waals surface area contributed by atoms with E-state index in [4.69, 9.17) is 9.47 Å². The molecule has 1 aromatic rings. The van der Waals surface area contributed by atoms with Gasteiger partial charge in [0.05, 0.1) is 5.92 Å². The summed E-state index contributed by atoms with van der Waals surface area (Å²) >= 11 is 0. The summed E-state index contributed by atoms with van der Waals surface area (Å²) in [6.07, 6.45) is 3.46. The predicted octanol–water partition coefficient (Wildman–Crippen LogP) is 2.12. The summed E-state index contributed by atoms with van der Waals surface area (Å²) in [7, 11) is 0. The van der Waals surface area contributed by atoms with Crippen LogP contribution in [0.3, 0.4) is 0 Å². The molecule has 130 valence electrons. The van der Waals surface area contributed by atoms with Crippen LogP contribution in [0.25, 0.3) is 0 Å². The molecule has 3 rings (SSSR count). The molecule has 0 bridgehead atoms. The zero-order valence-corrected chi connectivity index (χ0v) is 14.0. The summed E-state index contributed by atoms with van der Waals surface area (Å²) < 4.78 is 11.1. The first-order valence-corrected chi connectivity index (χ1v) is 8.66. The molecule has 1 N–H and O–H groups in total. The maximum Gasteiger partial charge on any atom is 0.227 e. The van der Waals surface area contributed by atoms with E-state index >= 15 is 0 Å². The number of carbonyl (C=O) groups is 2. The molecule has 24 heavy (non-hydrogen) atoms. The molecule has 1 unspecified atom stereocenters. The van der Waals surface area contributed by atoms with E-state index in [1.54, 1.807) is 4.90 Å². The van der Waals surface area contributed by atoms with Crippen LogP contribution in [0.5, 0.6) is 11.5 Å². The van der Waals surface area contributed by atoms with Crippen molar-refractivity contribution in [2.45, 2.75) is 32.6 Å². The number of fused-ring (bicyclic) bond motifs is 1. The van der Waals surface area contributed by atoms with Crippen LogP contribution in [0, 0.1) is 5.92 Å². The van der Waals surface area contributed by atoms with E-state index in [1.807, 2.05) is 18.2 Å². The minimum Gasteiger partial charge on any atom is -0.486 e. The van der Waals surface area contributed by atoms with Crippen molar-refractivity contribution in [3.8, 4) is 11.5 Å². The second kappa shape index (κ2) is 7.55. The minimum absolute atomic E-state index is 0.0274. The van der Waals surface area contributed by atoms with Crippen molar-refractivity contribution in [1.29, 1.82) is 0 Å². The van der Waals surface area contributed by atoms with Crippen molar-refractivity contribution in [2.75, 3.05) is 31.2 Å². The molecule has 1 saturated heterocycles. The van der Waals surface area contributed by atoms with Crippen molar-refractivity contribution >= 4 is 17.5 Å². The van der Waals surface area contributed by atoms with Gasteiger partial charge in [0.1, 0.15) is 13.2 Å². The number of unbranched alkanes of at least 4 members (excludes halogenated alkanes) is 2. The quantitative estimate of drug-likeness (QED) is 0.810. The summed E-state index contributed by atoms with van der Waals surface area (Å²) in [4.78, 5) is 26.2. The van der Waals surface area contributed by atoms with Gasteiger partial charge in [0.2, 0.25) is 11.8 Å². The van der Waals surface area contributed by atoms with Crippen molar-refractivity contribution in [3.63, 3.8) is 0 Å². The average molecular weight is 332 g/mol. The van der Waals surface area contributed by atoms with Gasteiger partial charge in [-0.3, -0.25) is 9.59 Å². The molecular formula is C18H24N2O4. The van der Waals surface area contributed by atoms with Gasteiger partial charge in [0.25, 0.3) is 0 Å². The van der Waals surface area contributed by atoms with E-state index in [2.05, 4.69) is 12.2 Å². The Bertz CT molecular complexity index is 617. The average Bonchev–Trinajstić information content (AvgIpc) is 3.00. The van der Waals surface area contributed by atoms with Gasteiger partial charge in [-0.2, -0.15) is 0 Å². The minimum atomic E-state index is -0.285. The molecule has 2 amide bonds. The number of carbonyl (C=O) groups excluding carboxylic acids is 2. The third-order valence-electron chi connectivity index (χ3n) is 4.41. The highest BCUT2D eigenvalue weighted by atomic mass is 16.6. The van der Waals surface area contributed by atoms with E-state index in [-0.39, 0.29) is 24.2 Å². The molecule has 1 fully saturated rings. The topological polar surface area (TPSA) is 67.9 Å². The van der Waals surface area contributed by atoms with Crippen LogP contribution in [0.1, 0.15) is 32.6 Å². The third-order valence-corrected chi connectivity index (χ3v) is 4.41. The van der Waals surface area contributed by atoms with E-state index in [1.165, 1.54) is 0 Å². The highest BCUT2D eigenvalue weighted by Crippen LogP contribution is 2.35. The molecule has 1 atom stereocenters. The SMILES string of the molecule is CCCCCNC(=O)C1CC(=O)N(c2ccc3c(c2)OCCO3)C1. The second-order valence-electron chi connectivity index (χ2n) is 6.23. The van der Waals surface area contributed by atoms with Crippen molar-refractivity contribution in [2.24, 2.45) is 5.92 Å². The van der Waals surface area contributed by atoms with Crippen molar-refractivity contribution in [1.82, 2.24) is 5.32 Å². The number of amides is 2. The summed E-state index contributed by atoms with van der Waals surface area (Å²) in [6, 6.07) is 5.47. The number of hydrogen-bond acceptors (Lipinski definition) is 4.